The molecule has 202 valence electrons. The number of nitriles is 1. The minimum absolute atomic E-state index is 0.0201. The Hall–Kier alpha value is -5.02. The molecule has 6 nitrogen and oxygen atoms in total. The van der Waals surface area contributed by atoms with Gasteiger partial charge in [0.1, 0.15) is 30.6 Å². The van der Waals surface area contributed by atoms with Crippen LogP contribution in [-0.2, 0) is 18.0 Å². The minimum Gasteiger partial charge on any atom is -0.490 e. The summed E-state index contributed by atoms with van der Waals surface area (Å²) in [6.45, 7) is 7.17. The number of aryl methyl sites for hydroxylation is 2. The van der Waals surface area contributed by atoms with Crippen LogP contribution in [0.3, 0.4) is 0 Å². The molecular formula is C34H32N2O4. The van der Waals surface area contributed by atoms with Crippen LogP contribution in [0.2, 0.25) is 0 Å². The quantitative estimate of drug-likeness (QED) is 0.161. The first-order chi connectivity index (χ1) is 19.4. The molecule has 6 heteroatoms. The molecule has 1 N–H and O–H groups in total. The van der Waals surface area contributed by atoms with E-state index in [0.29, 0.717) is 42.8 Å². The summed E-state index contributed by atoms with van der Waals surface area (Å²) in [5.74, 6) is 1.57. The van der Waals surface area contributed by atoms with Crippen molar-refractivity contribution in [2.45, 2.75) is 34.0 Å². The predicted octanol–water partition coefficient (Wildman–Crippen LogP) is 7.41. The maximum absolute atomic E-state index is 12.7. The number of hydrogen-bond donors (Lipinski definition) is 1. The van der Waals surface area contributed by atoms with E-state index in [9.17, 15) is 10.1 Å². The average molecular weight is 533 g/mol. The summed E-state index contributed by atoms with van der Waals surface area (Å²) in [4.78, 5) is 12.7. The van der Waals surface area contributed by atoms with Crippen LogP contribution >= 0.6 is 0 Å². The number of anilines is 1. The second-order valence-corrected chi connectivity index (χ2v) is 9.29. The molecule has 0 aliphatic heterocycles. The summed E-state index contributed by atoms with van der Waals surface area (Å²) < 4.78 is 17.8. The van der Waals surface area contributed by atoms with E-state index in [1.165, 1.54) is 0 Å². The largest absolute Gasteiger partial charge is 0.490 e. The first-order valence-electron chi connectivity index (χ1n) is 13.1. The van der Waals surface area contributed by atoms with Crippen LogP contribution in [0.1, 0.15) is 34.7 Å². The number of hydrogen-bond acceptors (Lipinski definition) is 5. The molecular weight excluding hydrogens is 500 g/mol. The Morgan fingerprint density at radius 2 is 1.57 bits per heavy atom. The highest BCUT2D eigenvalue weighted by atomic mass is 16.5. The van der Waals surface area contributed by atoms with Gasteiger partial charge in [-0.25, -0.2) is 0 Å². The SMILES string of the molecule is CCOc1cc(COc2ccc(/C=C(\C#N)C(=O)Nc3ccc(C)cc3C)cc2)ccc1OCc1ccccc1. The van der Waals surface area contributed by atoms with Crippen molar-refractivity contribution in [3.63, 3.8) is 0 Å². The first kappa shape index (κ1) is 28.0. The van der Waals surface area contributed by atoms with Gasteiger partial charge in [-0.05, 0) is 79.4 Å². The van der Waals surface area contributed by atoms with Gasteiger partial charge in [0.2, 0.25) is 0 Å². The van der Waals surface area contributed by atoms with E-state index in [1.807, 2.05) is 118 Å². The van der Waals surface area contributed by atoms with Crippen LogP contribution in [0, 0.1) is 25.2 Å². The van der Waals surface area contributed by atoms with Crippen LogP contribution in [-0.4, -0.2) is 12.5 Å². The standard InChI is InChI=1S/C34H32N2O4/c1-4-38-33-20-28(13-17-32(33)40-22-27-8-6-5-7-9-27)23-39-30-14-11-26(12-15-30)19-29(21-35)34(37)36-31-16-10-24(2)18-25(31)3/h5-20H,4,22-23H2,1-3H3,(H,36,37)/b29-19+. The summed E-state index contributed by atoms with van der Waals surface area (Å²) in [6.07, 6.45) is 1.56. The zero-order chi connectivity index (χ0) is 28.3. The van der Waals surface area contributed by atoms with Gasteiger partial charge < -0.3 is 19.5 Å². The molecule has 0 aliphatic rings. The van der Waals surface area contributed by atoms with Crippen molar-refractivity contribution >= 4 is 17.7 Å². The fourth-order valence-electron chi connectivity index (χ4n) is 4.05. The highest BCUT2D eigenvalue weighted by molar-refractivity contribution is 6.10. The maximum Gasteiger partial charge on any atom is 0.266 e. The number of rotatable bonds is 11. The van der Waals surface area contributed by atoms with Gasteiger partial charge in [-0.15, -0.1) is 0 Å². The monoisotopic (exact) mass is 532 g/mol. The average Bonchev–Trinajstić information content (AvgIpc) is 2.97. The summed E-state index contributed by atoms with van der Waals surface area (Å²) in [5.41, 5.74) is 5.49. The molecule has 0 unspecified atom stereocenters. The van der Waals surface area contributed by atoms with E-state index >= 15 is 0 Å². The van der Waals surface area contributed by atoms with Crippen LogP contribution in [0.15, 0.2) is 96.6 Å². The third-order valence-electron chi connectivity index (χ3n) is 6.14. The summed E-state index contributed by atoms with van der Waals surface area (Å²) in [5, 5.41) is 12.4. The molecule has 40 heavy (non-hydrogen) atoms. The number of nitrogens with one attached hydrogen (secondary N) is 1. The Labute approximate surface area is 235 Å². The molecule has 1 amide bonds. The normalized spacial score (nSPS) is 10.9. The van der Waals surface area contributed by atoms with Gasteiger partial charge in [0, 0.05) is 5.69 Å². The Kier molecular flexibility index (Phi) is 9.58. The van der Waals surface area contributed by atoms with Gasteiger partial charge in [-0.3, -0.25) is 4.79 Å². The van der Waals surface area contributed by atoms with Crippen molar-refractivity contribution in [2.75, 3.05) is 11.9 Å². The minimum atomic E-state index is -0.448. The fraction of sp³-hybridized carbons (Fsp3) is 0.176. The Bertz CT molecular complexity index is 1520. The second-order valence-electron chi connectivity index (χ2n) is 9.29. The van der Waals surface area contributed by atoms with Crippen LogP contribution in [0.5, 0.6) is 17.2 Å². The molecule has 0 radical (unpaired) electrons. The molecule has 0 bridgehead atoms. The lowest BCUT2D eigenvalue weighted by molar-refractivity contribution is -0.112. The third kappa shape index (κ3) is 7.75. The number of ether oxygens (including phenoxy) is 3. The van der Waals surface area contributed by atoms with Crippen molar-refractivity contribution in [3.8, 4) is 23.3 Å². The number of benzene rings is 4. The van der Waals surface area contributed by atoms with Gasteiger partial charge in [-0.2, -0.15) is 5.26 Å². The summed E-state index contributed by atoms with van der Waals surface area (Å²) >= 11 is 0. The first-order valence-corrected chi connectivity index (χ1v) is 13.1. The second kappa shape index (κ2) is 13.7. The highest BCUT2D eigenvalue weighted by Crippen LogP contribution is 2.30. The zero-order valence-electron chi connectivity index (χ0n) is 22.9. The lowest BCUT2D eigenvalue weighted by atomic mass is 10.1. The van der Waals surface area contributed by atoms with Gasteiger partial charge in [-0.1, -0.05) is 66.2 Å². The fourth-order valence-corrected chi connectivity index (χ4v) is 4.05. The number of nitrogens with zero attached hydrogens (tertiary/aromatic N) is 1. The molecule has 0 heterocycles. The van der Waals surface area contributed by atoms with Crippen molar-refractivity contribution in [3.05, 3.63) is 124 Å². The third-order valence-corrected chi connectivity index (χ3v) is 6.14. The van der Waals surface area contributed by atoms with Gasteiger partial charge in [0.25, 0.3) is 5.91 Å². The number of carbonyl (C=O) groups excluding carboxylic acids is 1. The van der Waals surface area contributed by atoms with Crippen LogP contribution in [0.4, 0.5) is 5.69 Å². The molecule has 0 spiro atoms. The molecule has 0 saturated carbocycles. The summed E-state index contributed by atoms with van der Waals surface area (Å²) in [7, 11) is 0. The lowest BCUT2D eigenvalue weighted by Crippen LogP contribution is -2.14. The van der Waals surface area contributed by atoms with Gasteiger partial charge in [0.15, 0.2) is 11.5 Å². The lowest BCUT2D eigenvalue weighted by Gasteiger charge is -2.14. The van der Waals surface area contributed by atoms with E-state index in [4.69, 9.17) is 14.2 Å². The molecule has 0 fully saturated rings. The Morgan fingerprint density at radius 3 is 2.27 bits per heavy atom. The maximum atomic E-state index is 12.7. The van der Waals surface area contributed by atoms with E-state index < -0.39 is 5.91 Å². The van der Waals surface area contributed by atoms with Gasteiger partial charge in [0.05, 0.1) is 6.61 Å². The van der Waals surface area contributed by atoms with Crippen molar-refractivity contribution in [2.24, 2.45) is 0 Å². The topological polar surface area (TPSA) is 80.6 Å². The van der Waals surface area contributed by atoms with Crippen molar-refractivity contribution in [1.82, 2.24) is 0 Å². The predicted molar refractivity (Wildman–Crippen MR) is 157 cm³/mol. The molecule has 4 rings (SSSR count). The smallest absolute Gasteiger partial charge is 0.266 e. The van der Waals surface area contributed by atoms with E-state index in [1.54, 1.807) is 6.08 Å². The molecule has 0 aromatic heterocycles. The number of carbonyl (C=O) groups is 1. The Balaban J connectivity index is 1.37. The summed E-state index contributed by atoms with van der Waals surface area (Å²) in [6, 6.07) is 30.7. The van der Waals surface area contributed by atoms with Crippen molar-refractivity contribution < 1.29 is 19.0 Å². The molecule has 4 aromatic rings. The van der Waals surface area contributed by atoms with E-state index in [-0.39, 0.29) is 5.57 Å². The molecule has 4 aromatic carbocycles. The highest BCUT2D eigenvalue weighted by Gasteiger charge is 2.12. The van der Waals surface area contributed by atoms with E-state index in [0.717, 1.165) is 27.8 Å². The molecule has 0 saturated heterocycles. The van der Waals surface area contributed by atoms with Gasteiger partial charge >= 0.3 is 0 Å². The van der Waals surface area contributed by atoms with Crippen LogP contribution < -0.4 is 19.5 Å². The Morgan fingerprint density at radius 1 is 0.825 bits per heavy atom. The molecule has 0 aliphatic carbocycles. The zero-order valence-corrected chi connectivity index (χ0v) is 22.9. The van der Waals surface area contributed by atoms with Crippen molar-refractivity contribution in [1.29, 1.82) is 5.26 Å². The van der Waals surface area contributed by atoms with E-state index in [2.05, 4.69) is 5.32 Å². The van der Waals surface area contributed by atoms with Crippen LogP contribution in [0.25, 0.3) is 6.08 Å². The number of amides is 1. The molecule has 0 atom stereocenters.